The predicted octanol–water partition coefficient (Wildman–Crippen LogP) is 4.07. The van der Waals surface area contributed by atoms with Crippen LogP contribution in [0.2, 0.25) is 5.02 Å². The summed E-state index contributed by atoms with van der Waals surface area (Å²) in [5, 5.41) is 3.33. The summed E-state index contributed by atoms with van der Waals surface area (Å²) < 4.78 is 16.2. The maximum Gasteiger partial charge on any atom is 0.255 e. The number of carbonyl (C=O) groups excluding carboxylic acids is 1. The number of ether oxygens (including phenoxy) is 3. The number of hydrogen-bond donors (Lipinski definition) is 1. The lowest BCUT2D eigenvalue weighted by Crippen LogP contribution is -2.23. The number of carbonyl (C=O) groups is 1. The van der Waals surface area contributed by atoms with Crippen molar-refractivity contribution in [2.24, 2.45) is 0 Å². The van der Waals surface area contributed by atoms with Crippen LogP contribution in [0.3, 0.4) is 0 Å². The maximum absolute atomic E-state index is 12.4. The van der Waals surface area contributed by atoms with Crippen LogP contribution in [-0.2, 0) is 6.54 Å². The molecule has 0 fully saturated rings. The summed E-state index contributed by atoms with van der Waals surface area (Å²) in [5.74, 6) is 1.51. The summed E-state index contributed by atoms with van der Waals surface area (Å²) in [6.07, 6.45) is 0.0507. The fourth-order valence-corrected chi connectivity index (χ4v) is 2.48. The van der Waals surface area contributed by atoms with Gasteiger partial charge >= 0.3 is 0 Å². The van der Waals surface area contributed by atoms with Crippen molar-refractivity contribution >= 4 is 17.5 Å². The molecule has 0 radical (unpaired) electrons. The first-order valence-electron chi connectivity index (χ1n) is 7.90. The summed E-state index contributed by atoms with van der Waals surface area (Å²) >= 11 is 5.97. The van der Waals surface area contributed by atoms with Crippen molar-refractivity contribution in [3.63, 3.8) is 0 Å². The van der Waals surface area contributed by atoms with Crippen molar-refractivity contribution < 1.29 is 19.0 Å². The molecule has 0 atom stereocenters. The van der Waals surface area contributed by atoms with Crippen molar-refractivity contribution in [3.05, 3.63) is 52.5 Å². The average molecular weight is 364 g/mol. The van der Waals surface area contributed by atoms with E-state index in [-0.39, 0.29) is 12.0 Å². The van der Waals surface area contributed by atoms with E-state index in [2.05, 4.69) is 5.32 Å². The van der Waals surface area contributed by atoms with Crippen LogP contribution in [-0.4, -0.2) is 26.2 Å². The topological polar surface area (TPSA) is 56.8 Å². The Morgan fingerprint density at radius 1 is 1.04 bits per heavy atom. The Morgan fingerprint density at radius 3 is 2.36 bits per heavy atom. The molecule has 0 spiro atoms. The molecule has 0 saturated carbocycles. The molecule has 25 heavy (non-hydrogen) atoms. The van der Waals surface area contributed by atoms with Crippen molar-refractivity contribution in [3.8, 4) is 17.2 Å². The number of amides is 1. The Morgan fingerprint density at radius 2 is 1.72 bits per heavy atom. The Kier molecular flexibility index (Phi) is 6.53. The number of hydrogen-bond acceptors (Lipinski definition) is 4. The van der Waals surface area contributed by atoms with Crippen LogP contribution in [0, 0.1) is 0 Å². The first-order chi connectivity index (χ1) is 11.9. The van der Waals surface area contributed by atoms with Gasteiger partial charge in [0.1, 0.15) is 5.75 Å². The second-order valence-electron chi connectivity index (χ2n) is 5.68. The molecule has 2 aromatic carbocycles. The third-order valence-corrected chi connectivity index (χ3v) is 3.69. The third kappa shape index (κ3) is 5.03. The number of halogens is 1. The van der Waals surface area contributed by atoms with Gasteiger partial charge in [-0.15, -0.1) is 0 Å². The molecule has 0 unspecified atom stereocenters. The van der Waals surface area contributed by atoms with Gasteiger partial charge in [0.15, 0.2) is 11.5 Å². The summed E-state index contributed by atoms with van der Waals surface area (Å²) in [5.41, 5.74) is 1.28. The molecule has 1 amide bonds. The SMILES string of the molecule is COc1cc(CNC(=O)c2cc(Cl)ccc2OC)ccc1OC(C)C. The molecule has 1 N–H and O–H groups in total. The van der Waals surface area contributed by atoms with E-state index in [4.69, 9.17) is 25.8 Å². The van der Waals surface area contributed by atoms with E-state index < -0.39 is 0 Å². The minimum Gasteiger partial charge on any atom is -0.496 e. The number of nitrogens with one attached hydrogen (secondary N) is 1. The van der Waals surface area contributed by atoms with Gasteiger partial charge in [0.05, 0.1) is 25.9 Å². The largest absolute Gasteiger partial charge is 0.496 e. The van der Waals surface area contributed by atoms with E-state index in [0.717, 1.165) is 5.56 Å². The molecular formula is C19H22ClNO4. The van der Waals surface area contributed by atoms with Gasteiger partial charge in [0, 0.05) is 11.6 Å². The molecule has 0 heterocycles. The van der Waals surface area contributed by atoms with Gasteiger partial charge in [-0.3, -0.25) is 4.79 Å². The lowest BCUT2D eigenvalue weighted by atomic mass is 10.1. The fraction of sp³-hybridized carbons (Fsp3) is 0.316. The highest BCUT2D eigenvalue weighted by molar-refractivity contribution is 6.31. The molecule has 0 aliphatic rings. The third-order valence-electron chi connectivity index (χ3n) is 3.45. The van der Waals surface area contributed by atoms with Crippen LogP contribution in [0.5, 0.6) is 17.2 Å². The Labute approximate surface area is 152 Å². The van der Waals surface area contributed by atoms with Crippen LogP contribution < -0.4 is 19.5 Å². The minimum atomic E-state index is -0.263. The molecule has 2 rings (SSSR count). The highest BCUT2D eigenvalue weighted by Gasteiger charge is 2.13. The van der Waals surface area contributed by atoms with Gasteiger partial charge in [0.25, 0.3) is 5.91 Å². The molecule has 6 heteroatoms. The number of methoxy groups -OCH3 is 2. The fourth-order valence-electron chi connectivity index (χ4n) is 2.31. The van der Waals surface area contributed by atoms with E-state index in [1.165, 1.54) is 7.11 Å². The van der Waals surface area contributed by atoms with Crippen molar-refractivity contribution in [1.82, 2.24) is 5.32 Å². The number of benzene rings is 2. The maximum atomic E-state index is 12.4. The van der Waals surface area contributed by atoms with Gasteiger partial charge in [-0.2, -0.15) is 0 Å². The van der Waals surface area contributed by atoms with Crippen LogP contribution in [0.15, 0.2) is 36.4 Å². The number of rotatable bonds is 7. The summed E-state index contributed by atoms with van der Waals surface area (Å²) in [4.78, 5) is 12.4. The Hall–Kier alpha value is -2.40. The molecule has 0 aromatic heterocycles. The smallest absolute Gasteiger partial charge is 0.255 e. The molecular weight excluding hydrogens is 342 g/mol. The first kappa shape index (κ1) is 18.9. The zero-order valence-electron chi connectivity index (χ0n) is 14.8. The zero-order valence-corrected chi connectivity index (χ0v) is 15.5. The van der Waals surface area contributed by atoms with Crippen LogP contribution in [0.4, 0.5) is 0 Å². The van der Waals surface area contributed by atoms with E-state index in [1.807, 2.05) is 32.0 Å². The minimum absolute atomic E-state index is 0.0507. The molecule has 0 aliphatic carbocycles. The van der Waals surface area contributed by atoms with Gasteiger partial charge in [-0.25, -0.2) is 0 Å². The van der Waals surface area contributed by atoms with Gasteiger partial charge in [-0.05, 0) is 49.7 Å². The summed E-state index contributed by atoms with van der Waals surface area (Å²) in [7, 11) is 3.10. The van der Waals surface area contributed by atoms with E-state index in [9.17, 15) is 4.79 Å². The lowest BCUT2D eigenvalue weighted by Gasteiger charge is -2.15. The molecule has 0 saturated heterocycles. The van der Waals surface area contributed by atoms with Crippen molar-refractivity contribution in [2.45, 2.75) is 26.5 Å². The van der Waals surface area contributed by atoms with E-state index in [1.54, 1.807) is 25.3 Å². The second-order valence-corrected chi connectivity index (χ2v) is 6.12. The Balaban J connectivity index is 2.11. The quantitative estimate of drug-likeness (QED) is 0.805. The first-order valence-corrected chi connectivity index (χ1v) is 8.27. The molecule has 0 bridgehead atoms. The van der Waals surface area contributed by atoms with E-state index in [0.29, 0.717) is 34.4 Å². The van der Waals surface area contributed by atoms with Crippen LogP contribution in [0.1, 0.15) is 29.8 Å². The van der Waals surface area contributed by atoms with Crippen LogP contribution >= 0.6 is 11.6 Å². The van der Waals surface area contributed by atoms with Gasteiger partial charge in [-0.1, -0.05) is 17.7 Å². The van der Waals surface area contributed by atoms with E-state index >= 15 is 0 Å². The standard InChI is InChI=1S/C19H22ClNO4/c1-12(2)25-17-7-5-13(9-18(17)24-4)11-21-19(22)15-10-14(20)6-8-16(15)23-3/h5-10,12H,11H2,1-4H3,(H,21,22). The van der Waals surface area contributed by atoms with Gasteiger partial charge < -0.3 is 19.5 Å². The van der Waals surface area contributed by atoms with Crippen molar-refractivity contribution in [2.75, 3.05) is 14.2 Å². The predicted molar refractivity (Wildman–Crippen MR) is 97.9 cm³/mol. The average Bonchev–Trinajstić information content (AvgIpc) is 2.60. The normalized spacial score (nSPS) is 10.5. The lowest BCUT2D eigenvalue weighted by molar-refractivity contribution is 0.0948. The molecule has 5 nitrogen and oxygen atoms in total. The summed E-state index contributed by atoms with van der Waals surface area (Å²) in [6.45, 7) is 4.24. The Bertz CT molecular complexity index is 746. The molecule has 2 aromatic rings. The van der Waals surface area contributed by atoms with Crippen molar-refractivity contribution in [1.29, 1.82) is 0 Å². The van der Waals surface area contributed by atoms with Gasteiger partial charge in [0.2, 0.25) is 0 Å². The highest BCUT2D eigenvalue weighted by atomic mass is 35.5. The molecule has 0 aliphatic heterocycles. The second kappa shape index (κ2) is 8.62. The zero-order chi connectivity index (χ0) is 18.4. The highest BCUT2D eigenvalue weighted by Crippen LogP contribution is 2.29. The molecule has 134 valence electrons. The monoisotopic (exact) mass is 363 g/mol. The summed E-state index contributed by atoms with van der Waals surface area (Å²) in [6, 6.07) is 10.5. The van der Waals surface area contributed by atoms with Crippen LogP contribution in [0.25, 0.3) is 0 Å².